The SMILES string of the molecule is CCCN(CC(=O)Nc1ccc(F)c(F)c1F)C(=O)c1cc(CC)c(C)s1. The molecule has 0 radical (unpaired) electrons. The van der Waals surface area contributed by atoms with E-state index < -0.39 is 29.0 Å². The molecule has 0 saturated heterocycles. The van der Waals surface area contributed by atoms with Gasteiger partial charge in [-0.2, -0.15) is 0 Å². The Labute approximate surface area is 160 Å². The molecule has 2 rings (SSSR count). The molecule has 2 amide bonds. The fraction of sp³-hybridized carbons (Fsp3) is 0.368. The maximum absolute atomic E-state index is 13.7. The van der Waals surface area contributed by atoms with Crippen molar-refractivity contribution >= 4 is 28.8 Å². The van der Waals surface area contributed by atoms with Gasteiger partial charge in [-0.15, -0.1) is 11.3 Å². The molecule has 1 aromatic heterocycles. The molecule has 1 N–H and O–H groups in total. The lowest BCUT2D eigenvalue weighted by Crippen LogP contribution is -2.38. The highest BCUT2D eigenvalue weighted by Crippen LogP contribution is 2.24. The van der Waals surface area contributed by atoms with Crippen molar-refractivity contribution in [1.29, 1.82) is 0 Å². The van der Waals surface area contributed by atoms with Crippen molar-refractivity contribution in [2.75, 3.05) is 18.4 Å². The molecule has 146 valence electrons. The highest BCUT2D eigenvalue weighted by Gasteiger charge is 2.22. The molecule has 2 aromatic rings. The molecule has 8 heteroatoms. The van der Waals surface area contributed by atoms with Crippen LogP contribution in [0.15, 0.2) is 18.2 Å². The van der Waals surface area contributed by atoms with Gasteiger partial charge in [0.1, 0.15) is 6.54 Å². The Morgan fingerprint density at radius 2 is 1.85 bits per heavy atom. The van der Waals surface area contributed by atoms with Gasteiger partial charge in [0.15, 0.2) is 17.5 Å². The predicted octanol–water partition coefficient (Wildman–Crippen LogP) is 4.53. The highest BCUT2D eigenvalue weighted by molar-refractivity contribution is 7.14. The number of nitrogens with zero attached hydrogens (tertiary/aromatic N) is 1. The zero-order chi connectivity index (χ0) is 20.1. The van der Waals surface area contributed by atoms with E-state index in [-0.39, 0.29) is 12.5 Å². The third kappa shape index (κ3) is 4.88. The predicted molar refractivity (Wildman–Crippen MR) is 99.6 cm³/mol. The Balaban J connectivity index is 2.14. The second kappa shape index (κ2) is 9.03. The molecule has 0 bridgehead atoms. The first kappa shape index (κ1) is 21.0. The van der Waals surface area contributed by atoms with Crippen molar-refractivity contribution < 1.29 is 22.8 Å². The van der Waals surface area contributed by atoms with Crippen LogP contribution in [0.2, 0.25) is 0 Å². The summed E-state index contributed by atoms with van der Waals surface area (Å²) in [6.45, 7) is 5.82. The van der Waals surface area contributed by atoms with Crippen molar-refractivity contribution in [3.63, 3.8) is 0 Å². The van der Waals surface area contributed by atoms with Crippen LogP contribution in [0.3, 0.4) is 0 Å². The van der Waals surface area contributed by atoms with Crippen LogP contribution in [0.25, 0.3) is 0 Å². The van der Waals surface area contributed by atoms with Gasteiger partial charge < -0.3 is 10.2 Å². The summed E-state index contributed by atoms with van der Waals surface area (Å²) in [6.07, 6.45) is 1.43. The van der Waals surface area contributed by atoms with Gasteiger partial charge in [0.2, 0.25) is 5.91 Å². The van der Waals surface area contributed by atoms with Crippen LogP contribution < -0.4 is 5.32 Å². The summed E-state index contributed by atoms with van der Waals surface area (Å²) in [5, 5.41) is 2.19. The maximum atomic E-state index is 13.7. The number of halogens is 3. The summed E-state index contributed by atoms with van der Waals surface area (Å²) in [5.74, 6) is -5.45. The largest absolute Gasteiger partial charge is 0.329 e. The second-order valence-electron chi connectivity index (χ2n) is 6.04. The molecular weight excluding hydrogens is 377 g/mol. The first-order chi connectivity index (χ1) is 12.8. The van der Waals surface area contributed by atoms with Gasteiger partial charge >= 0.3 is 0 Å². The Morgan fingerprint density at radius 3 is 2.44 bits per heavy atom. The Kier molecular flexibility index (Phi) is 7.01. The van der Waals surface area contributed by atoms with Crippen LogP contribution >= 0.6 is 11.3 Å². The Morgan fingerprint density at radius 1 is 1.15 bits per heavy atom. The molecule has 0 unspecified atom stereocenters. The fourth-order valence-electron chi connectivity index (χ4n) is 2.64. The molecule has 27 heavy (non-hydrogen) atoms. The number of benzene rings is 1. The molecule has 0 aliphatic heterocycles. The van der Waals surface area contributed by atoms with Crippen molar-refractivity contribution in [2.45, 2.75) is 33.6 Å². The summed E-state index contributed by atoms with van der Waals surface area (Å²) in [5.41, 5.74) is 0.608. The molecule has 0 aliphatic carbocycles. The maximum Gasteiger partial charge on any atom is 0.264 e. The van der Waals surface area contributed by atoms with Crippen LogP contribution in [0, 0.1) is 24.4 Å². The number of anilines is 1. The summed E-state index contributed by atoms with van der Waals surface area (Å²) in [4.78, 5) is 27.9. The van der Waals surface area contributed by atoms with Crippen LogP contribution in [-0.2, 0) is 11.2 Å². The molecule has 0 fully saturated rings. The average Bonchev–Trinajstić information content (AvgIpc) is 3.02. The number of nitrogens with one attached hydrogen (secondary N) is 1. The summed E-state index contributed by atoms with van der Waals surface area (Å²) in [7, 11) is 0. The van der Waals surface area contributed by atoms with E-state index >= 15 is 0 Å². The Bertz CT molecular complexity index is 852. The topological polar surface area (TPSA) is 49.4 Å². The van der Waals surface area contributed by atoms with E-state index in [1.165, 1.54) is 16.2 Å². The molecule has 1 aromatic carbocycles. The monoisotopic (exact) mass is 398 g/mol. The van der Waals surface area contributed by atoms with E-state index in [4.69, 9.17) is 0 Å². The Hall–Kier alpha value is -2.35. The molecule has 0 saturated carbocycles. The quantitative estimate of drug-likeness (QED) is 0.697. The lowest BCUT2D eigenvalue weighted by atomic mass is 10.2. The third-order valence-corrected chi connectivity index (χ3v) is 5.12. The minimum atomic E-state index is -1.66. The zero-order valence-electron chi connectivity index (χ0n) is 15.4. The minimum Gasteiger partial charge on any atom is -0.329 e. The summed E-state index contributed by atoms with van der Waals surface area (Å²) in [6, 6.07) is 3.48. The van der Waals surface area contributed by atoms with Crippen LogP contribution in [0.1, 0.15) is 40.4 Å². The smallest absolute Gasteiger partial charge is 0.264 e. The van der Waals surface area contributed by atoms with Gasteiger partial charge in [-0.1, -0.05) is 13.8 Å². The van der Waals surface area contributed by atoms with Crippen LogP contribution in [0.5, 0.6) is 0 Å². The standard InChI is InChI=1S/C19H21F3N2O2S/c1-4-8-24(19(26)15-9-12(5-2)11(3)27-15)10-16(25)23-14-7-6-13(20)17(21)18(14)22/h6-7,9H,4-5,8,10H2,1-3H3,(H,23,25). The molecule has 0 aliphatic rings. The highest BCUT2D eigenvalue weighted by atomic mass is 32.1. The molecule has 0 spiro atoms. The number of carbonyl (C=O) groups is 2. The molecule has 0 atom stereocenters. The van der Waals surface area contributed by atoms with Gasteiger partial charge in [0.05, 0.1) is 10.6 Å². The summed E-state index contributed by atoms with van der Waals surface area (Å²) < 4.78 is 40.0. The van der Waals surface area contributed by atoms with Crippen molar-refractivity contribution in [1.82, 2.24) is 4.90 Å². The first-order valence-electron chi connectivity index (χ1n) is 8.60. The van der Waals surface area contributed by atoms with E-state index in [0.717, 1.165) is 29.0 Å². The van der Waals surface area contributed by atoms with Crippen molar-refractivity contribution in [2.24, 2.45) is 0 Å². The number of thiophene rings is 1. The normalized spacial score (nSPS) is 10.7. The van der Waals surface area contributed by atoms with Gasteiger partial charge in [0, 0.05) is 11.4 Å². The number of carbonyl (C=O) groups excluding carboxylic acids is 2. The molecule has 4 nitrogen and oxygen atoms in total. The molecule has 1 heterocycles. The number of aryl methyl sites for hydroxylation is 2. The van der Waals surface area contributed by atoms with E-state index in [0.29, 0.717) is 17.8 Å². The number of hydrogen-bond donors (Lipinski definition) is 1. The third-order valence-electron chi connectivity index (χ3n) is 4.04. The first-order valence-corrected chi connectivity index (χ1v) is 9.42. The number of amides is 2. The van der Waals surface area contributed by atoms with Crippen LogP contribution in [-0.4, -0.2) is 29.8 Å². The average molecular weight is 398 g/mol. The van der Waals surface area contributed by atoms with E-state index in [1.54, 1.807) is 0 Å². The lowest BCUT2D eigenvalue weighted by Gasteiger charge is -2.21. The van der Waals surface area contributed by atoms with E-state index in [2.05, 4.69) is 5.32 Å². The van der Waals surface area contributed by atoms with E-state index in [9.17, 15) is 22.8 Å². The van der Waals surface area contributed by atoms with Gasteiger partial charge in [-0.05, 0) is 43.5 Å². The van der Waals surface area contributed by atoms with Crippen molar-refractivity contribution in [3.8, 4) is 0 Å². The minimum absolute atomic E-state index is 0.287. The van der Waals surface area contributed by atoms with Gasteiger partial charge in [0.25, 0.3) is 5.91 Å². The van der Waals surface area contributed by atoms with Gasteiger partial charge in [-0.3, -0.25) is 9.59 Å². The second-order valence-corrected chi connectivity index (χ2v) is 7.30. The number of hydrogen-bond acceptors (Lipinski definition) is 3. The van der Waals surface area contributed by atoms with E-state index in [1.807, 2.05) is 26.8 Å². The lowest BCUT2D eigenvalue weighted by molar-refractivity contribution is -0.116. The molecular formula is C19H21F3N2O2S. The fourth-order valence-corrected chi connectivity index (χ4v) is 3.72. The zero-order valence-corrected chi connectivity index (χ0v) is 16.2. The summed E-state index contributed by atoms with van der Waals surface area (Å²) >= 11 is 1.36. The van der Waals surface area contributed by atoms with Crippen molar-refractivity contribution in [3.05, 3.63) is 51.0 Å². The van der Waals surface area contributed by atoms with Gasteiger partial charge in [-0.25, -0.2) is 13.2 Å². The number of rotatable bonds is 7. The van der Waals surface area contributed by atoms with Crippen LogP contribution in [0.4, 0.5) is 18.9 Å².